The molecule has 1 aliphatic rings. The average Bonchev–Trinajstić information content (AvgIpc) is 2.89. The van der Waals surface area contributed by atoms with E-state index in [2.05, 4.69) is 5.32 Å². The van der Waals surface area contributed by atoms with Crippen LogP contribution >= 0.6 is 0 Å². The summed E-state index contributed by atoms with van der Waals surface area (Å²) in [6.07, 6.45) is -1.57. The fraction of sp³-hybridized carbons (Fsp3) is 0.379. The van der Waals surface area contributed by atoms with Crippen LogP contribution in [0.4, 0.5) is 18.0 Å². The quantitative estimate of drug-likeness (QED) is 0.409. The van der Waals surface area contributed by atoms with E-state index in [9.17, 15) is 27.9 Å². The van der Waals surface area contributed by atoms with Crippen molar-refractivity contribution < 1.29 is 32.6 Å². The lowest BCUT2D eigenvalue weighted by molar-refractivity contribution is -0.140. The second-order valence-corrected chi connectivity index (χ2v) is 9.37. The number of benzene rings is 2. The van der Waals surface area contributed by atoms with E-state index in [-0.39, 0.29) is 25.6 Å². The largest absolute Gasteiger partial charge is 0.481 e. The molecule has 0 saturated carbocycles. The average molecular weight is 531 g/mol. The molecule has 0 aliphatic heterocycles. The summed E-state index contributed by atoms with van der Waals surface area (Å²) in [5.41, 5.74) is 1.97. The molecule has 2 N–H and O–H groups in total. The number of amides is 2. The Labute approximate surface area is 220 Å². The van der Waals surface area contributed by atoms with Crippen molar-refractivity contribution in [3.63, 3.8) is 0 Å². The molecule has 6 nitrogen and oxygen atoms in total. The summed E-state index contributed by atoms with van der Waals surface area (Å²) in [6, 6.07) is 12.3. The van der Waals surface area contributed by atoms with Crippen molar-refractivity contribution in [3.05, 3.63) is 88.5 Å². The van der Waals surface area contributed by atoms with Crippen LogP contribution in [0.1, 0.15) is 43.0 Å². The molecule has 2 aromatic rings. The van der Waals surface area contributed by atoms with Crippen LogP contribution in [0.3, 0.4) is 0 Å². The van der Waals surface area contributed by atoms with Gasteiger partial charge in [-0.2, -0.15) is 13.2 Å². The van der Waals surface area contributed by atoms with Crippen molar-refractivity contribution in [2.24, 2.45) is 11.8 Å². The van der Waals surface area contributed by atoms with E-state index in [0.717, 1.165) is 17.7 Å². The molecule has 0 spiro atoms. The zero-order valence-corrected chi connectivity index (χ0v) is 21.9. The fourth-order valence-corrected chi connectivity index (χ4v) is 4.57. The van der Waals surface area contributed by atoms with Gasteiger partial charge >= 0.3 is 18.2 Å². The Morgan fingerprint density at radius 3 is 2.42 bits per heavy atom. The number of allylic oxidation sites excluding steroid dienone is 1. The summed E-state index contributed by atoms with van der Waals surface area (Å²) in [6.45, 7) is 5.65. The lowest BCUT2D eigenvalue weighted by Crippen LogP contribution is -2.39. The molecule has 3 atom stereocenters. The second-order valence-electron chi connectivity index (χ2n) is 9.37. The van der Waals surface area contributed by atoms with Gasteiger partial charge < -0.3 is 20.1 Å². The first-order valence-electron chi connectivity index (χ1n) is 12.4. The summed E-state index contributed by atoms with van der Waals surface area (Å²) in [7, 11) is 1.51. The number of alkyl halides is 3. The van der Waals surface area contributed by atoms with Crippen LogP contribution in [0.2, 0.25) is 0 Å². The molecule has 2 aromatic carbocycles. The number of carboxylic acids is 1. The van der Waals surface area contributed by atoms with Crippen LogP contribution in [0.15, 0.2) is 66.3 Å². The number of aliphatic carboxylic acids is 1. The Hall–Kier alpha value is -3.59. The zero-order valence-electron chi connectivity index (χ0n) is 21.9. The summed E-state index contributed by atoms with van der Waals surface area (Å²) in [5.74, 6) is -2.03. The van der Waals surface area contributed by atoms with Crippen molar-refractivity contribution in [2.45, 2.75) is 46.1 Å². The van der Waals surface area contributed by atoms with Gasteiger partial charge in [-0.3, -0.25) is 4.79 Å². The summed E-state index contributed by atoms with van der Waals surface area (Å²) >= 11 is 0. The van der Waals surface area contributed by atoms with Gasteiger partial charge in [0.05, 0.1) is 17.6 Å². The Bertz CT molecular complexity index is 1210. The van der Waals surface area contributed by atoms with E-state index in [1.165, 1.54) is 18.1 Å². The molecule has 0 heterocycles. The molecule has 0 radical (unpaired) electrons. The molecular formula is C29H33F3N2O4. The second kappa shape index (κ2) is 12.3. The maximum absolute atomic E-state index is 13.7. The Kier molecular flexibility index (Phi) is 9.38. The van der Waals surface area contributed by atoms with Gasteiger partial charge in [0.1, 0.15) is 0 Å². The summed E-state index contributed by atoms with van der Waals surface area (Å²) in [5, 5.41) is 12.4. The molecule has 3 unspecified atom stereocenters. The number of nitrogens with one attached hydrogen (secondary N) is 1. The van der Waals surface area contributed by atoms with Crippen molar-refractivity contribution in [2.75, 3.05) is 13.7 Å². The molecule has 38 heavy (non-hydrogen) atoms. The van der Waals surface area contributed by atoms with Crippen LogP contribution in [-0.2, 0) is 28.8 Å². The fourth-order valence-electron chi connectivity index (χ4n) is 4.57. The molecule has 9 heteroatoms. The molecule has 0 bridgehead atoms. The molecule has 0 saturated heterocycles. The van der Waals surface area contributed by atoms with Crippen LogP contribution in [0.25, 0.3) is 5.57 Å². The highest BCUT2D eigenvalue weighted by atomic mass is 19.4. The highest BCUT2D eigenvalue weighted by molar-refractivity contribution is 5.81. The lowest BCUT2D eigenvalue weighted by Gasteiger charge is -2.31. The standard InChI is InChI=1S/C29H33F3N2O4/c1-5-34(28(37)33-16-20-9-7-6-8-10-20)17-22-14-23(29(30,31)32)11-12-24(22)25-15-21(19(3)27(35)36)13-18(2)26(25)38-4/h6-15,18-19,26H,5,16-17H2,1-4H3,(H,33,37)(H,35,36). The van der Waals surface area contributed by atoms with Crippen LogP contribution < -0.4 is 5.32 Å². The maximum Gasteiger partial charge on any atom is 0.416 e. The van der Waals surface area contributed by atoms with Gasteiger partial charge in [0.2, 0.25) is 0 Å². The molecule has 2 amide bonds. The van der Waals surface area contributed by atoms with Gasteiger partial charge in [-0.25, -0.2) is 4.79 Å². The normalized spacial score (nSPS) is 18.3. The van der Waals surface area contributed by atoms with Crippen LogP contribution in [-0.4, -0.2) is 41.8 Å². The first-order chi connectivity index (χ1) is 18.0. The number of halogens is 3. The number of urea groups is 1. The number of hydrogen-bond donors (Lipinski definition) is 2. The third kappa shape index (κ3) is 6.83. The lowest BCUT2D eigenvalue weighted by atomic mass is 9.80. The predicted molar refractivity (Wildman–Crippen MR) is 139 cm³/mol. The van der Waals surface area contributed by atoms with Crippen molar-refractivity contribution >= 4 is 17.6 Å². The van der Waals surface area contributed by atoms with Crippen molar-refractivity contribution in [1.82, 2.24) is 10.2 Å². The van der Waals surface area contributed by atoms with Gasteiger partial charge in [-0.1, -0.05) is 55.5 Å². The van der Waals surface area contributed by atoms with Gasteiger partial charge in [0.25, 0.3) is 0 Å². The van der Waals surface area contributed by atoms with Gasteiger partial charge in [-0.15, -0.1) is 0 Å². The Balaban J connectivity index is 2.01. The minimum atomic E-state index is -4.57. The summed E-state index contributed by atoms with van der Waals surface area (Å²) < 4.78 is 46.8. The molecule has 204 valence electrons. The Morgan fingerprint density at radius 1 is 1.16 bits per heavy atom. The number of nitrogens with zero attached hydrogens (tertiary/aromatic N) is 1. The first-order valence-corrected chi connectivity index (χ1v) is 12.4. The number of carbonyl (C=O) groups is 2. The van der Waals surface area contributed by atoms with Crippen molar-refractivity contribution in [3.8, 4) is 0 Å². The third-order valence-electron chi connectivity index (χ3n) is 6.75. The monoisotopic (exact) mass is 530 g/mol. The minimum absolute atomic E-state index is 0.0773. The number of ether oxygens (including phenoxy) is 1. The smallest absolute Gasteiger partial charge is 0.416 e. The number of methoxy groups -OCH3 is 1. The molecule has 3 rings (SSSR count). The highest BCUT2D eigenvalue weighted by Crippen LogP contribution is 2.38. The summed E-state index contributed by atoms with van der Waals surface area (Å²) in [4.78, 5) is 26.1. The zero-order chi connectivity index (χ0) is 28.0. The topological polar surface area (TPSA) is 78.9 Å². The van der Waals surface area contributed by atoms with E-state index >= 15 is 0 Å². The first kappa shape index (κ1) is 29.0. The Morgan fingerprint density at radius 2 is 1.84 bits per heavy atom. The molecule has 1 aliphatic carbocycles. The maximum atomic E-state index is 13.7. The third-order valence-corrected chi connectivity index (χ3v) is 6.75. The molecule has 0 fully saturated rings. The molecular weight excluding hydrogens is 497 g/mol. The number of rotatable bonds is 9. The van der Waals surface area contributed by atoms with E-state index < -0.39 is 35.8 Å². The minimum Gasteiger partial charge on any atom is -0.481 e. The molecule has 0 aromatic heterocycles. The van der Waals surface area contributed by atoms with E-state index in [4.69, 9.17) is 4.74 Å². The van der Waals surface area contributed by atoms with Gasteiger partial charge in [0.15, 0.2) is 0 Å². The highest BCUT2D eigenvalue weighted by Gasteiger charge is 2.34. The van der Waals surface area contributed by atoms with Crippen LogP contribution in [0, 0.1) is 11.8 Å². The van der Waals surface area contributed by atoms with Crippen molar-refractivity contribution in [1.29, 1.82) is 0 Å². The SMILES string of the molecule is CCN(Cc1cc(C(F)(F)F)ccc1C1=CC(C(C)C(=O)O)=CC(C)C1OC)C(=O)NCc1ccccc1. The van der Waals surface area contributed by atoms with E-state index in [1.54, 1.807) is 19.9 Å². The number of carbonyl (C=O) groups excluding carboxylic acids is 1. The van der Waals surface area contributed by atoms with Gasteiger partial charge in [0, 0.05) is 32.7 Å². The van der Waals surface area contributed by atoms with Gasteiger partial charge in [-0.05, 0) is 53.8 Å². The predicted octanol–water partition coefficient (Wildman–Crippen LogP) is 6.13. The number of hydrogen-bond acceptors (Lipinski definition) is 3. The van der Waals surface area contributed by atoms with E-state index in [1.807, 2.05) is 43.3 Å². The van der Waals surface area contributed by atoms with Crippen LogP contribution in [0.5, 0.6) is 0 Å². The van der Waals surface area contributed by atoms with E-state index in [0.29, 0.717) is 22.3 Å². The number of carboxylic acid groups (broad SMARTS) is 1.